The summed E-state index contributed by atoms with van der Waals surface area (Å²) in [6.45, 7) is 0. The second-order valence-electron chi connectivity index (χ2n) is 8.61. The quantitative estimate of drug-likeness (QED) is 0.112. The van der Waals surface area contributed by atoms with Gasteiger partial charge in [0.05, 0.1) is 22.4 Å². The molecule has 0 N–H and O–H groups in total. The number of ketones is 1. The number of anilines is 1. The molecule has 0 fully saturated rings. The number of nitrogens with zero attached hydrogens (tertiary/aromatic N) is 2. The van der Waals surface area contributed by atoms with Crippen molar-refractivity contribution >= 4 is 40.0 Å². The van der Waals surface area contributed by atoms with Gasteiger partial charge in [0.15, 0.2) is 11.6 Å². The lowest BCUT2D eigenvalue weighted by Crippen LogP contribution is -2.50. The molecule has 1 heterocycles. The van der Waals surface area contributed by atoms with E-state index < -0.39 is 91.7 Å². The van der Waals surface area contributed by atoms with Crippen molar-refractivity contribution in [2.45, 2.75) is 30.6 Å². The number of alkyl halides is 10. The van der Waals surface area contributed by atoms with Crippen molar-refractivity contribution in [2.24, 2.45) is 0 Å². The van der Waals surface area contributed by atoms with E-state index in [0.717, 1.165) is 66.2 Å². The van der Waals surface area contributed by atoms with E-state index in [9.17, 15) is 57.9 Å². The topological polar surface area (TPSA) is 50.3 Å². The molecule has 0 atom stereocenters. The van der Waals surface area contributed by atoms with Gasteiger partial charge in [-0.05, 0) is 64.6 Å². The molecule has 0 radical (unpaired) electrons. The molecule has 17 heteroatoms. The zero-order valence-electron chi connectivity index (χ0n) is 20.5. The first-order chi connectivity index (χ1) is 19.1. The van der Waals surface area contributed by atoms with Crippen LogP contribution in [0.2, 0.25) is 0 Å². The summed E-state index contributed by atoms with van der Waals surface area (Å²) in [5.41, 5.74) is -13.6. The van der Waals surface area contributed by atoms with Crippen LogP contribution in [0, 0.1) is 15.3 Å². The number of benzene rings is 2. The maximum atomic E-state index is 15.3. The average Bonchev–Trinajstić information content (AvgIpc) is 2.86. The molecule has 0 saturated carbocycles. The zero-order chi connectivity index (χ0) is 32.0. The molecular weight excluding hydrogens is 715 g/mol. The summed E-state index contributed by atoms with van der Waals surface area (Å²) in [4.78, 5) is 29.5. The number of amides is 1. The van der Waals surface area contributed by atoms with Gasteiger partial charge in [-0.25, -0.2) is 13.8 Å². The highest BCUT2D eigenvalue weighted by atomic mass is 127. The number of hydrogen-bond donors (Lipinski definition) is 0. The standard InChI is InChI=1S/C25H13F12IN2O2/c1-40(21(42)11-5-6-19(26)39-10-11)17-4-2-3-13(20(17)27)18(41)9-14-15(23(29,30)31)7-12(8-16(14)38)22(28,24(32,33)34)25(35,36)37/h2-8,10H,9H2,1H3. The van der Waals surface area contributed by atoms with Gasteiger partial charge >= 0.3 is 24.2 Å². The molecule has 2 aromatic carbocycles. The molecule has 0 saturated heterocycles. The first kappa shape index (κ1) is 33.1. The van der Waals surface area contributed by atoms with E-state index >= 15 is 4.39 Å². The molecule has 0 spiro atoms. The minimum atomic E-state index is -6.70. The predicted octanol–water partition coefficient (Wildman–Crippen LogP) is 7.97. The lowest BCUT2D eigenvalue weighted by atomic mass is 9.89. The summed E-state index contributed by atoms with van der Waals surface area (Å²) in [6, 6.07) is 3.89. The Labute approximate surface area is 241 Å². The van der Waals surface area contributed by atoms with E-state index in [4.69, 9.17) is 0 Å². The molecule has 0 aliphatic rings. The van der Waals surface area contributed by atoms with E-state index in [2.05, 4.69) is 4.98 Å². The highest BCUT2D eigenvalue weighted by Crippen LogP contribution is 2.54. The Kier molecular flexibility index (Phi) is 8.97. The van der Waals surface area contributed by atoms with Gasteiger partial charge in [-0.3, -0.25) is 9.59 Å². The molecule has 226 valence electrons. The van der Waals surface area contributed by atoms with Gasteiger partial charge in [0.25, 0.3) is 5.91 Å². The van der Waals surface area contributed by atoms with E-state index in [1.807, 2.05) is 0 Å². The Morgan fingerprint density at radius 1 is 0.881 bits per heavy atom. The van der Waals surface area contributed by atoms with E-state index in [1.165, 1.54) is 0 Å². The average molecular weight is 728 g/mol. The minimum Gasteiger partial charge on any atom is -0.309 e. The van der Waals surface area contributed by atoms with Gasteiger partial charge in [-0.15, -0.1) is 0 Å². The minimum absolute atomic E-state index is 0.130. The molecule has 1 amide bonds. The Hall–Kier alpha value is -3.38. The first-order valence-electron chi connectivity index (χ1n) is 11.0. The number of pyridine rings is 1. The molecule has 0 aliphatic carbocycles. The SMILES string of the molecule is CN(C(=O)c1ccc(F)nc1)c1cccc(C(=O)Cc2c(I)cc(C(F)(C(F)(F)F)C(F)(F)F)cc2C(F)(F)F)c1F. The van der Waals surface area contributed by atoms with Crippen LogP contribution in [0.1, 0.15) is 37.4 Å². The molecule has 1 aromatic heterocycles. The molecule has 0 unspecified atom stereocenters. The van der Waals surface area contributed by atoms with Crippen LogP contribution in [-0.4, -0.2) is 36.1 Å². The second kappa shape index (κ2) is 11.4. The van der Waals surface area contributed by atoms with Gasteiger partial charge < -0.3 is 4.90 Å². The Morgan fingerprint density at radius 3 is 1.98 bits per heavy atom. The van der Waals surface area contributed by atoms with Crippen molar-refractivity contribution in [1.82, 2.24) is 4.98 Å². The predicted molar refractivity (Wildman–Crippen MR) is 130 cm³/mol. The van der Waals surface area contributed by atoms with Crippen molar-refractivity contribution in [3.63, 3.8) is 0 Å². The third-order valence-electron chi connectivity index (χ3n) is 5.94. The summed E-state index contributed by atoms with van der Waals surface area (Å²) >= 11 is 0.911. The molecule has 0 aliphatic heterocycles. The Bertz CT molecular complexity index is 1500. The van der Waals surface area contributed by atoms with Gasteiger partial charge in [-0.2, -0.15) is 43.9 Å². The summed E-state index contributed by atoms with van der Waals surface area (Å²) in [5, 5.41) is 0. The van der Waals surface area contributed by atoms with Crippen LogP contribution in [0.5, 0.6) is 0 Å². The molecule has 3 aromatic rings. The fraction of sp³-hybridized carbons (Fsp3) is 0.240. The van der Waals surface area contributed by atoms with Gasteiger partial charge in [0.1, 0.15) is 0 Å². The third kappa shape index (κ3) is 6.19. The van der Waals surface area contributed by atoms with Crippen molar-refractivity contribution in [1.29, 1.82) is 0 Å². The van der Waals surface area contributed by atoms with Crippen LogP contribution < -0.4 is 4.90 Å². The summed E-state index contributed by atoms with van der Waals surface area (Å²) < 4.78 is 162. The van der Waals surface area contributed by atoms with Crippen LogP contribution in [0.25, 0.3) is 0 Å². The van der Waals surface area contributed by atoms with Crippen LogP contribution in [0.3, 0.4) is 0 Å². The summed E-state index contributed by atoms with van der Waals surface area (Å²) in [5.74, 6) is -4.68. The Balaban J connectivity index is 2.07. The van der Waals surface area contributed by atoms with E-state index in [-0.39, 0.29) is 11.6 Å². The summed E-state index contributed by atoms with van der Waals surface area (Å²) in [6.07, 6.45) is -19.6. The first-order valence-corrected chi connectivity index (χ1v) is 12.1. The van der Waals surface area contributed by atoms with Gasteiger partial charge in [0.2, 0.25) is 5.95 Å². The van der Waals surface area contributed by atoms with Crippen molar-refractivity contribution in [3.05, 3.63) is 91.8 Å². The maximum absolute atomic E-state index is 15.3. The number of Topliss-reactive ketones (excluding diaryl/α,β-unsaturated/α-hetero) is 1. The van der Waals surface area contributed by atoms with Gasteiger partial charge in [0, 0.05) is 28.8 Å². The van der Waals surface area contributed by atoms with Crippen molar-refractivity contribution in [3.8, 4) is 0 Å². The fourth-order valence-electron chi connectivity index (χ4n) is 3.81. The Morgan fingerprint density at radius 2 is 1.48 bits per heavy atom. The number of halogens is 13. The number of rotatable bonds is 6. The third-order valence-corrected chi connectivity index (χ3v) is 6.90. The van der Waals surface area contributed by atoms with Crippen LogP contribution in [-0.2, 0) is 18.3 Å². The van der Waals surface area contributed by atoms with E-state index in [1.54, 1.807) is 0 Å². The smallest absolute Gasteiger partial charge is 0.309 e. The number of carbonyl (C=O) groups excluding carboxylic acids is 2. The van der Waals surface area contributed by atoms with Gasteiger partial charge in [-0.1, -0.05) is 6.07 Å². The molecule has 4 nitrogen and oxygen atoms in total. The normalized spacial score (nSPS) is 12.8. The lowest BCUT2D eigenvalue weighted by molar-refractivity contribution is -0.348. The zero-order valence-corrected chi connectivity index (χ0v) is 22.6. The highest BCUT2D eigenvalue weighted by Gasteiger charge is 2.73. The number of aromatic nitrogens is 1. The lowest BCUT2D eigenvalue weighted by Gasteiger charge is -2.31. The molecule has 0 bridgehead atoms. The van der Waals surface area contributed by atoms with Crippen LogP contribution >= 0.6 is 22.6 Å². The van der Waals surface area contributed by atoms with Crippen molar-refractivity contribution in [2.75, 3.05) is 11.9 Å². The summed E-state index contributed by atoms with van der Waals surface area (Å²) in [7, 11) is 1.05. The molecule has 3 rings (SSSR count). The monoisotopic (exact) mass is 728 g/mol. The molecular formula is C25H13F12IN2O2. The maximum Gasteiger partial charge on any atom is 0.435 e. The molecule has 42 heavy (non-hydrogen) atoms. The van der Waals surface area contributed by atoms with E-state index in [0.29, 0.717) is 4.90 Å². The van der Waals surface area contributed by atoms with Crippen LogP contribution in [0.4, 0.5) is 58.4 Å². The fourth-order valence-corrected chi connectivity index (χ4v) is 4.63. The van der Waals surface area contributed by atoms with Crippen LogP contribution in [0.15, 0.2) is 48.7 Å². The van der Waals surface area contributed by atoms with Crippen molar-refractivity contribution < 1.29 is 62.3 Å². The number of carbonyl (C=O) groups is 2. The second-order valence-corrected chi connectivity index (χ2v) is 9.77. The number of hydrogen-bond acceptors (Lipinski definition) is 3. The largest absolute Gasteiger partial charge is 0.435 e. The highest BCUT2D eigenvalue weighted by molar-refractivity contribution is 14.1.